The van der Waals surface area contributed by atoms with Gasteiger partial charge in [-0.3, -0.25) is 4.99 Å². The predicted octanol–water partition coefficient (Wildman–Crippen LogP) is 2.51. The van der Waals surface area contributed by atoms with Crippen molar-refractivity contribution in [1.29, 1.82) is 0 Å². The quantitative estimate of drug-likeness (QED) is 0.411. The van der Waals surface area contributed by atoms with Crippen molar-refractivity contribution in [3.05, 3.63) is 29.8 Å². The van der Waals surface area contributed by atoms with Crippen LogP contribution in [0.3, 0.4) is 0 Å². The van der Waals surface area contributed by atoms with Crippen molar-refractivity contribution in [3.8, 4) is 0 Å². The molecule has 14 heavy (non-hydrogen) atoms. The fourth-order valence-corrected chi connectivity index (χ4v) is 1.75. The maximum absolute atomic E-state index is 8.53. The normalized spacial score (nSPS) is 18.3. The van der Waals surface area contributed by atoms with Crippen LogP contribution < -0.4 is 0 Å². The molecule has 0 saturated heterocycles. The lowest BCUT2D eigenvalue weighted by Crippen LogP contribution is -2.26. The molecule has 0 fully saturated rings. The van der Waals surface area contributed by atoms with Crippen LogP contribution in [0.4, 0.5) is 5.69 Å². The summed E-state index contributed by atoms with van der Waals surface area (Å²) in [5.74, 6) is 0. The third kappa shape index (κ3) is 1.13. The third-order valence-corrected chi connectivity index (χ3v) is 2.64. The van der Waals surface area contributed by atoms with Gasteiger partial charge in [0, 0.05) is 5.41 Å². The first kappa shape index (κ1) is 8.94. The molecule has 0 aliphatic carbocycles. The zero-order valence-corrected chi connectivity index (χ0v) is 8.23. The molecule has 0 unspecified atom stereocenters. The highest BCUT2D eigenvalue weighted by atomic mass is 16.4. The van der Waals surface area contributed by atoms with Gasteiger partial charge in [-0.05, 0) is 11.6 Å². The number of hydrogen-bond acceptors (Lipinski definition) is 3. The Morgan fingerprint density at radius 1 is 1.36 bits per heavy atom. The van der Waals surface area contributed by atoms with Crippen LogP contribution in [0.15, 0.2) is 34.4 Å². The van der Waals surface area contributed by atoms with Gasteiger partial charge in [0.2, 0.25) is 0 Å². The van der Waals surface area contributed by atoms with Crippen LogP contribution in [0.25, 0.3) is 0 Å². The third-order valence-electron chi connectivity index (χ3n) is 2.64. The highest BCUT2D eigenvalue weighted by Gasteiger charge is 2.33. The Hall–Kier alpha value is -1.64. The first-order valence-corrected chi connectivity index (χ1v) is 4.52. The van der Waals surface area contributed by atoms with E-state index in [1.807, 2.05) is 18.2 Å². The molecule has 0 aromatic heterocycles. The van der Waals surface area contributed by atoms with E-state index in [4.69, 9.17) is 5.21 Å². The highest BCUT2D eigenvalue weighted by molar-refractivity contribution is 6.36. The van der Waals surface area contributed by atoms with Gasteiger partial charge in [-0.25, -0.2) is 0 Å². The number of hydrogen-bond donors (Lipinski definition) is 1. The summed E-state index contributed by atoms with van der Waals surface area (Å²) in [4.78, 5) is 4.40. The van der Waals surface area contributed by atoms with Crippen LogP contribution in [0.5, 0.6) is 0 Å². The molecule has 2 rings (SSSR count). The van der Waals surface area contributed by atoms with Crippen LogP contribution >= 0.6 is 0 Å². The average molecular weight is 188 g/mol. The second-order valence-electron chi connectivity index (χ2n) is 3.88. The molecule has 0 bridgehead atoms. The van der Waals surface area contributed by atoms with Crippen molar-refractivity contribution in [3.63, 3.8) is 0 Å². The number of rotatable bonds is 1. The molecule has 0 atom stereocenters. The van der Waals surface area contributed by atoms with Gasteiger partial charge in [0.15, 0.2) is 0 Å². The van der Waals surface area contributed by atoms with Crippen LogP contribution in [0, 0.1) is 0 Å². The Balaban J connectivity index is 2.56. The van der Waals surface area contributed by atoms with Gasteiger partial charge in [-0.15, -0.1) is 0 Å². The molecular formula is C11H12N2O. The summed E-state index contributed by atoms with van der Waals surface area (Å²) in [6.07, 6.45) is 1.40. The fourth-order valence-electron chi connectivity index (χ4n) is 1.75. The molecule has 0 radical (unpaired) electrons. The predicted molar refractivity (Wildman–Crippen MR) is 56.8 cm³/mol. The summed E-state index contributed by atoms with van der Waals surface area (Å²) in [5, 5.41) is 11.6. The van der Waals surface area contributed by atoms with Crippen LogP contribution in [-0.2, 0) is 5.41 Å². The van der Waals surface area contributed by atoms with E-state index in [1.165, 1.54) is 11.8 Å². The molecule has 3 heteroatoms. The molecule has 0 spiro atoms. The second-order valence-corrected chi connectivity index (χ2v) is 3.88. The average Bonchev–Trinajstić information content (AvgIpc) is 2.41. The maximum atomic E-state index is 8.53. The number of para-hydroxylation sites is 1. The van der Waals surface area contributed by atoms with Crippen LogP contribution in [0.1, 0.15) is 19.4 Å². The van der Waals surface area contributed by atoms with E-state index in [9.17, 15) is 0 Å². The van der Waals surface area contributed by atoms with E-state index in [2.05, 4.69) is 30.1 Å². The molecule has 1 aromatic carbocycles. The molecule has 1 aliphatic rings. The summed E-state index contributed by atoms with van der Waals surface area (Å²) in [6, 6.07) is 7.97. The minimum atomic E-state index is -0.164. The fraction of sp³-hybridized carbons (Fsp3) is 0.273. The van der Waals surface area contributed by atoms with E-state index in [0.29, 0.717) is 0 Å². The molecule has 0 saturated carbocycles. The zero-order valence-electron chi connectivity index (χ0n) is 8.23. The van der Waals surface area contributed by atoms with Gasteiger partial charge in [0.25, 0.3) is 0 Å². The molecular weight excluding hydrogens is 176 g/mol. The Bertz CT molecular complexity index is 419. The van der Waals surface area contributed by atoms with Crippen molar-refractivity contribution in [2.24, 2.45) is 10.1 Å². The number of nitrogens with zero attached hydrogens (tertiary/aromatic N) is 2. The Morgan fingerprint density at radius 3 is 2.71 bits per heavy atom. The molecule has 3 nitrogen and oxygen atoms in total. The lowest BCUT2D eigenvalue weighted by atomic mass is 9.82. The Morgan fingerprint density at radius 2 is 2.07 bits per heavy atom. The van der Waals surface area contributed by atoms with E-state index in [1.54, 1.807) is 0 Å². The molecule has 1 aromatic rings. The minimum absolute atomic E-state index is 0.164. The molecule has 1 N–H and O–H groups in total. The van der Waals surface area contributed by atoms with Gasteiger partial charge < -0.3 is 5.21 Å². The number of fused-ring (bicyclic) bond motifs is 1. The maximum Gasteiger partial charge on any atom is 0.0885 e. The lowest BCUT2D eigenvalue weighted by molar-refractivity contribution is 0.322. The van der Waals surface area contributed by atoms with E-state index < -0.39 is 0 Å². The standard InChI is InChI=1S/C11H12N2O/c1-11(2)8-5-3-4-6-9(8)13-10(11)7-12-14/h3-7,14H,1-2H3. The molecule has 0 amide bonds. The summed E-state index contributed by atoms with van der Waals surface area (Å²) >= 11 is 0. The molecule has 1 aliphatic heterocycles. The minimum Gasteiger partial charge on any atom is -0.411 e. The zero-order chi connectivity index (χ0) is 10.2. The van der Waals surface area contributed by atoms with Crippen molar-refractivity contribution >= 4 is 17.6 Å². The SMILES string of the molecule is CC1(C)C(C=NO)=Nc2ccccc21. The van der Waals surface area contributed by atoms with Crippen molar-refractivity contribution < 1.29 is 5.21 Å². The molecule has 1 heterocycles. The summed E-state index contributed by atoms with van der Waals surface area (Å²) in [7, 11) is 0. The monoisotopic (exact) mass is 188 g/mol. The summed E-state index contributed by atoms with van der Waals surface area (Å²) in [5.41, 5.74) is 2.77. The lowest BCUT2D eigenvalue weighted by Gasteiger charge is -2.19. The Kier molecular flexibility index (Phi) is 1.88. The number of oxime groups is 1. The first-order valence-electron chi connectivity index (χ1n) is 4.52. The van der Waals surface area contributed by atoms with Gasteiger partial charge >= 0.3 is 0 Å². The van der Waals surface area contributed by atoms with Gasteiger partial charge in [-0.1, -0.05) is 37.2 Å². The smallest absolute Gasteiger partial charge is 0.0885 e. The van der Waals surface area contributed by atoms with Crippen LogP contribution in [-0.4, -0.2) is 17.1 Å². The molecule has 72 valence electrons. The second kappa shape index (κ2) is 2.94. The van der Waals surface area contributed by atoms with Crippen molar-refractivity contribution in [2.45, 2.75) is 19.3 Å². The van der Waals surface area contributed by atoms with Gasteiger partial charge in [0.05, 0.1) is 17.6 Å². The van der Waals surface area contributed by atoms with Gasteiger partial charge in [0.1, 0.15) is 0 Å². The summed E-state index contributed by atoms with van der Waals surface area (Å²) in [6.45, 7) is 4.14. The van der Waals surface area contributed by atoms with Crippen LogP contribution in [0.2, 0.25) is 0 Å². The highest BCUT2D eigenvalue weighted by Crippen LogP contribution is 2.38. The topological polar surface area (TPSA) is 45.0 Å². The van der Waals surface area contributed by atoms with E-state index in [0.717, 1.165) is 11.4 Å². The van der Waals surface area contributed by atoms with Gasteiger partial charge in [-0.2, -0.15) is 0 Å². The van der Waals surface area contributed by atoms with E-state index >= 15 is 0 Å². The summed E-state index contributed by atoms with van der Waals surface area (Å²) < 4.78 is 0. The number of aliphatic imine (C=N–C) groups is 1. The first-order chi connectivity index (χ1) is 6.66. The van der Waals surface area contributed by atoms with E-state index in [-0.39, 0.29) is 5.41 Å². The largest absolute Gasteiger partial charge is 0.411 e. The number of benzene rings is 1. The Labute approximate surface area is 82.8 Å². The van der Waals surface area contributed by atoms with Crippen molar-refractivity contribution in [1.82, 2.24) is 0 Å². The van der Waals surface area contributed by atoms with Crippen molar-refractivity contribution in [2.75, 3.05) is 0 Å².